The molecular formula is C11H7KN4OS. The van der Waals surface area contributed by atoms with Gasteiger partial charge in [0.1, 0.15) is 5.69 Å². The van der Waals surface area contributed by atoms with Crippen molar-refractivity contribution in [3.05, 3.63) is 40.3 Å². The fraction of sp³-hybridized carbons (Fsp3) is 0.0909. The Hall–Kier alpha value is -0.444. The summed E-state index contributed by atoms with van der Waals surface area (Å²) in [5, 5.41) is 5.17. The zero-order valence-electron chi connectivity index (χ0n) is 9.91. The predicted molar refractivity (Wildman–Crippen MR) is 64.9 cm³/mol. The summed E-state index contributed by atoms with van der Waals surface area (Å²) in [4.78, 5) is 19.8. The average molecular weight is 282 g/mol. The summed E-state index contributed by atoms with van der Waals surface area (Å²) in [6.45, 7) is 1.60. The van der Waals surface area contributed by atoms with Crippen LogP contribution in [0.4, 0.5) is 0 Å². The molecule has 0 bridgehead atoms. The van der Waals surface area contributed by atoms with Gasteiger partial charge >= 0.3 is 51.4 Å². The normalized spacial score (nSPS) is 10.5. The first-order chi connectivity index (χ1) is 8.16. The standard InChI is InChI=1S/C11H8N4OS.K/c1-6-10(16)13-9-7-4-2-3-5-8(7)12-11(17)15(9)14-6;/h2-5H,1H3,(H,12,17);/q;+1/p-1. The summed E-state index contributed by atoms with van der Waals surface area (Å²) in [7, 11) is 0. The maximum atomic E-state index is 11.5. The Kier molecular flexibility index (Phi) is 4.10. The first-order valence-electron chi connectivity index (χ1n) is 5.00. The SMILES string of the molecule is Cc1nn2c([S-])nc3ccccc3c2nc1=O.[K+]. The first-order valence-corrected chi connectivity index (χ1v) is 5.41. The van der Waals surface area contributed by atoms with Crippen molar-refractivity contribution in [2.75, 3.05) is 0 Å². The minimum Gasteiger partial charge on any atom is -0.740 e. The number of hydrogen-bond donors (Lipinski definition) is 0. The van der Waals surface area contributed by atoms with Crippen LogP contribution in [-0.4, -0.2) is 19.6 Å². The molecule has 3 aromatic rings. The van der Waals surface area contributed by atoms with E-state index in [0.717, 1.165) is 10.9 Å². The Morgan fingerprint density at radius 3 is 2.72 bits per heavy atom. The third-order valence-electron chi connectivity index (χ3n) is 2.51. The smallest absolute Gasteiger partial charge is 0.740 e. The largest absolute Gasteiger partial charge is 1.00 e. The Morgan fingerprint density at radius 1 is 1.22 bits per heavy atom. The molecule has 2 heterocycles. The molecule has 0 unspecified atom stereocenters. The number of nitrogens with zero attached hydrogens (tertiary/aromatic N) is 4. The maximum Gasteiger partial charge on any atom is 1.00 e. The van der Waals surface area contributed by atoms with Crippen molar-refractivity contribution in [1.82, 2.24) is 19.6 Å². The monoisotopic (exact) mass is 282 g/mol. The number of fused-ring (bicyclic) bond motifs is 3. The van der Waals surface area contributed by atoms with Crippen molar-refractivity contribution in [2.45, 2.75) is 12.1 Å². The van der Waals surface area contributed by atoms with E-state index in [1.807, 2.05) is 24.3 Å². The molecule has 0 aliphatic rings. The second kappa shape index (κ2) is 5.28. The molecule has 0 radical (unpaired) electrons. The van der Waals surface area contributed by atoms with Gasteiger partial charge in [-0.25, -0.2) is 4.52 Å². The molecule has 3 rings (SSSR count). The van der Waals surface area contributed by atoms with E-state index in [1.165, 1.54) is 4.52 Å². The van der Waals surface area contributed by atoms with E-state index in [4.69, 9.17) is 12.6 Å². The second-order valence-corrected chi connectivity index (χ2v) is 4.01. The van der Waals surface area contributed by atoms with Gasteiger partial charge in [0.2, 0.25) is 0 Å². The predicted octanol–water partition coefficient (Wildman–Crippen LogP) is -2.14. The number of rotatable bonds is 0. The second-order valence-electron chi connectivity index (χ2n) is 3.65. The minimum atomic E-state index is -0.337. The van der Waals surface area contributed by atoms with Crippen molar-refractivity contribution in [3.63, 3.8) is 0 Å². The van der Waals surface area contributed by atoms with Gasteiger partial charge in [-0.3, -0.25) is 9.78 Å². The number of aromatic nitrogens is 4. The van der Waals surface area contributed by atoms with Crippen LogP contribution < -0.4 is 56.9 Å². The topological polar surface area (TPSA) is 60.1 Å². The molecule has 0 N–H and O–H groups in total. The quantitative estimate of drug-likeness (QED) is 0.204. The van der Waals surface area contributed by atoms with Gasteiger partial charge in [0.15, 0.2) is 5.65 Å². The third kappa shape index (κ3) is 2.22. The fourth-order valence-corrected chi connectivity index (χ4v) is 1.91. The number of benzene rings is 1. The molecule has 0 amide bonds. The first kappa shape index (κ1) is 14.0. The summed E-state index contributed by atoms with van der Waals surface area (Å²) >= 11 is 5.13. The van der Waals surface area contributed by atoms with Gasteiger partial charge in [0.05, 0.1) is 5.52 Å². The molecule has 0 fully saturated rings. The van der Waals surface area contributed by atoms with Gasteiger partial charge in [-0.15, -0.1) is 0 Å². The van der Waals surface area contributed by atoms with E-state index in [9.17, 15) is 4.79 Å². The number of para-hydroxylation sites is 1. The van der Waals surface area contributed by atoms with Gasteiger partial charge in [-0.1, -0.05) is 12.1 Å². The molecule has 84 valence electrons. The van der Waals surface area contributed by atoms with Gasteiger partial charge in [0, 0.05) is 10.5 Å². The van der Waals surface area contributed by atoms with Crippen LogP contribution in [0.2, 0.25) is 0 Å². The maximum absolute atomic E-state index is 11.5. The summed E-state index contributed by atoms with van der Waals surface area (Å²) < 4.78 is 1.42. The van der Waals surface area contributed by atoms with Gasteiger partial charge < -0.3 is 12.6 Å². The molecule has 18 heavy (non-hydrogen) atoms. The molecule has 5 nitrogen and oxygen atoms in total. The molecule has 0 saturated heterocycles. The van der Waals surface area contributed by atoms with Crippen molar-refractivity contribution < 1.29 is 51.4 Å². The Bertz CT molecular complexity index is 802. The number of hydrogen-bond acceptors (Lipinski definition) is 5. The van der Waals surface area contributed by atoms with E-state index in [2.05, 4.69) is 15.1 Å². The van der Waals surface area contributed by atoms with Crippen molar-refractivity contribution in [2.24, 2.45) is 0 Å². The molecule has 7 heteroatoms. The Labute approximate surface area is 150 Å². The molecule has 0 aliphatic carbocycles. The van der Waals surface area contributed by atoms with Crippen LogP contribution in [0.3, 0.4) is 0 Å². The van der Waals surface area contributed by atoms with E-state index in [0.29, 0.717) is 16.5 Å². The third-order valence-corrected chi connectivity index (χ3v) is 2.77. The van der Waals surface area contributed by atoms with Crippen LogP contribution in [0, 0.1) is 6.92 Å². The van der Waals surface area contributed by atoms with Crippen molar-refractivity contribution >= 4 is 29.2 Å². The fourth-order valence-electron chi connectivity index (χ4n) is 1.68. The van der Waals surface area contributed by atoms with E-state index < -0.39 is 0 Å². The van der Waals surface area contributed by atoms with E-state index in [1.54, 1.807) is 6.92 Å². The number of aryl methyl sites for hydroxylation is 1. The molecular weight excluding hydrogens is 275 g/mol. The molecule has 0 spiro atoms. The Morgan fingerprint density at radius 2 is 1.94 bits per heavy atom. The van der Waals surface area contributed by atoms with Crippen LogP contribution in [0.1, 0.15) is 5.69 Å². The summed E-state index contributed by atoms with van der Waals surface area (Å²) in [6, 6.07) is 7.40. The van der Waals surface area contributed by atoms with Crippen LogP contribution in [0.15, 0.2) is 34.2 Å². The van der Waals surface area contributed by atoms with Crippen molar-refractivity contribution in [1.29, 1.82) is 0 Å². The Balaban J connectivity index is 0.00000120. The van der Waals surface area contributed by atoms with E-state index >= 15 is 0 Å². The zero-order valence-corrected chi connectivity index (χ0v) is 13.9. The van der Waals surface area contributed by atoms with Gasteiger partial charge in [-0.05, 0) is 19.1 Å². The van der Waals surface area contributed by atoms with Crippen LogP contribution in [-0.2, 0) is 12.6 Å². The van der Waals surface area contributed by atoms with E-state index in [-0.39, 0.29) is 56.9 Å². The molecule has 2 aromatic heterocycles. The van der Waals surface area contributed by atoms with Gasteiger partial charge in [0.25, 0.3) is 5.56 Å². The summed E-state index contributed by atoms with van der Waals surface area (Å²) in [6.07, 6.45) is 0. The van der Waals surface area contributed by atoms with Crippen LogP contribution in [0.25, 0.3) is 16.6 Å². The zero-order chi connectivity index (χ0) is 12.0. The van der Waals surface area contributed by atoms with Crippen LogP contribution >= 0.6 is 0 Å². The minimum absolute atomic E-state index is 0. The van der Waals surface area contributed by atoms with Crippen LogP contribution in [0.5, 0.6) is 0 Å². The molecule has 1 aromatic carbocycles. The van der Waals surface area contributed by atoms with Crippen molar-refractivity contribution in [3.8, 4) is 0 Å². The van der Waals surface area contributed by atoms with Gasteiger partial charge in [-0.2, -0.15) is 10.1 Å². The molecule has 0 aliphatic heterocycles. The summed E-state index contributed by atoms with van der Waals surface area (Å²) in [5.41, 5.74) is 1.15. The molecule has 0 atom stereocenters. The average Bonchev–Trinajstić information content (AvgIpc) is 2.32. The molecule has 0 saturated carbocycles. The summed E-state index contributed by atoms with van der Waals surface area (Å²) in [5.74, 6) is 0.